The van der Waals surface area contributed by atoms with E-state index in [0.29, 0.717) is 0 Å². The van der Waals surface area contributed by atoms with Gasteiger partial charge in [0.2, 0.25) is 0 Å². The second kappa shape index (κ2) is 16.4. The van der Waals surface area contributed by atoms with Crippen molar-refractivity contribution in [3.05, 3.63) is 0 Å². The van der Waals surface area contributed by atoms with Crippen LogP contribution in [0.25, 0.3) is 0 Å². The van der Waals surface area contributed by atoms with Crippen LogP contribution in [0.3, 0.4) is 0 Å². The highest BCUT2D eigenvalue weighted by molar-refractivity contribution is 5.76. The van der Waals surface area contributed by atoms with Crippen molar-refractivity contribution < 1.29 is 24.5 Å². The molecule has 0 atom stereocenters. The van der Waals surface area contributed by atoms with Crippen LogP contribution >= 0.6 is 0 Å². The Kier molecular flexibility index (Phi) is 46.1. The number of carbonyl (C=O) groups is 2. The van der Waals surface area contributed by atoms with Crippen molar-refractivity contribution in [1.29, 1.82) is 0 Å². The van der Waals surface area contributed by atoms with E-state index >= 15 is 0 Å². The molecule has 0 aromatic rings. The Bertz CT molecular complexity index is 96.7. The summed E-state index contributed by atoms with van der Waals surface area (Å²) in [6, 6.07) is 0. The van der Waals surface area contributed by atoms with Crippen LogP contribution in [-0.2, 0) is 4.74 Å². The lowest BCUT2D eigenvalue weighted by molar-refractivity contribution is 0.0802. The van der Waals surface area contributed by atoms with Gasteiger partial charge in [0, 0.05) is 0 Å². The Labute approximate surface area is 84.1 Å². The molecular weight excluding hydrogens is 186 g/mol. The summed E-state index contributed by atoms with van der Waals surface area (Å²) in [6.07, 6.45) is -3.62. The lowest BCUT2D eigenvalue weighted by Gasteiger charge is -1.84. The first-order valence-electron chi connectivity index (χ1n) is 1.26. The minimum atomic E-state index is -1.81. The normalized spacial score (nSPS) is 4.73. The highest BCUT2D eigenvalue weighted by Crippen LogP contribution is 1.73. The first-order valence-corrected chi connectivity index (χ1v) is 1.26. The molecule has 0 saturated heterocycles. The van der Waals surface area contributed by atoms with Gasteiger partial charge in [-0.25, -0.2) is 9.59 Å². The molecule has 0 spiro atoms. The number of ether oxygens (including phenoxy) is 1. The molecule has 0 saturated carbocycles. The van der Waals surface area contributed by atoms with Crippen LogP contribution in [-0.4, -0.2) is 57.2 Å². The molecule has 8 N–H and O–H groups in total. The zero-order valence-corrected chi connectivity index (χ0v) is 4.53. The summed E-state index contributed by atoms with van der Waals surface area (Å²) in [5.74, 6) is 0. The molecule has 0 unspecified atom stereocenters. The third-order valence-corrected chi connectivity index (χ3v) is 0.175. The fourth-order valence-corrected chi connectivity index (χ4v) is 0.0747. The van der Waals surface area contributed by atoms with E-state index in [-0.39, 0.29) is 47.0 Å². The molecule has 0 rings (SSSR count). The van der Waals surface area contributed by atoms with Crippen molar-refractivity contribution in [2.75, 3.05) is 0 Å². The van der Waals surface area contributed by atoms with E-state index in [1.165, 1.54) is 0 Å². The maximum atomic E-state index is 9.21. The van der Waals surface area contributed by atoms with Gasteiger partial charge < -0.3 is 27.3 Å². The summed E-state index contributed by atoms with van der Waals surface area (Å²) in [7, 11) is 0. The molecule has 0 aromatic carbocycles. The molecule has 0 aliphatic rings. The minimum absolute atomic E-state index is 0. The summed E-state index contributed by atoms with van der Waals surface area (Å²) in [6.45, 7) is 0. The van der Waals surface area contributed by atoms with Gasteiger partial charge in [-0.3, -0.25) is 0 Å². The van der Waals surface area contributed by atoms with E-state index in [1.807, 2.05) is 0 Å². The predicted molar refractivity (Wildman–Crippen MR) is 47.1 cm³/mol. The van der Waals surface area contributed by atoms with Gasteiger partial charge in [-0.2, -0.15) is 0 Å². The Morgan fingerprint density at radius 3 is 1.09 bits per heavy atom. The molecule has 11 heavy (non-hydrogen) atoms. The molecule has 0 aliphatic heterocycles. The zero-order chi connectivity index (χ0) is 5.86. The van der Waals surface area contributed by atoms with Crippen LogP contribution in [0.15, 0.2) is 0 Å². The monoisotopic (exact) mass is 200 g/mol. The van der Waals surface area contributed by atoms with E-state index in [4.69, 9.17) is 10.2 Å². The summed E-state index contributed by atoms with van der Waals surface area (Å²) in [5, 5.41) is 15.0. The fraction of sp³-hybridized carbons (Fsp3) is 0. The van der Waals surface area contributed by atoms with Crippen LogP contribution in [0.5, 0.6) is 0 Å². The SMILES string of the molecule is N.N.O=C(O)OC(=O)O.[AlH3].[AlH3]. The molecule has 7 nitrogen and oxygen atoms in total. The summed E-state index contributed by atoms with van der Waals surface area (Å²) < 4.78 is 3.08. The number of carboxylic acid groups (broad SMARTS) is 2. The quantitative estimate of drug-likeness (QED) is 0.206. The maximum absolute atomic E-state index is 9.21. The van der Waals surface area contributed by atoms with Crippen molar-refractivity contribution in [3.8, 4) is 0 Å². The van der Waals surface area contributed by atoms with Crippen molar-refractivity contribution >= 4 is 47.0 Å². The van der Waals surface area contributed by atoms with Gasteiger partial charge in [-0.1, -0.05) is 0 Å². The molecule has 0 aliphatic carbocycles. The average molecular weight is 200 g/mol. The lowest BCUT2D eigenvalue weighted by Crippen LogP contribution is -2.05. The smallest absolute Gasteiger partial charge is 0.449 e. The third-order valence-electron chi connectivity index (χ3n) is 0.175. The second-order valence-corrected chi connectivity index (χ2v) is 0.634. The number of rotatable bonds is 0. The highest BCUT2D eigenvalue weighted by atomic mass is 27.0. The Morgan fingerprint density at radius 2 is 1.09 bits per heavy atom. The number of hydrogen-bond donors (Lipinski definition) is 4. The molecule has 0 aromatic heterocycles. The lowest BCUT2D eigenvalue weighted by atomic mass is 11.3. The van der Waals surface area contributed by atoms with Crippen molar-refractivity contribution in [1.82, 2.24) is 12.3 Å². The molecule has 0 radical (unpaired) electrons. The summed E-state index contributed by atoms with van der Waals surface area (Å²) in [4.78, 5) is 18.4. The first-order chi connectivity index (χ1) is 3.13. The second-order valence-electron chi connectivity index (χ2n) is 0.634. The van der Waals surface area contributed by atoms with Crippen molar-refractivity contribution in [3.63, 3.8) is 0 Å². The Hall–Kier alpha value is -0.275. The van der Waals surface area contributed by atoms with Crippen LogP contribution < -0.4 is 12.3 Å². The van der Waals surface area contributed by atoms with E-state index in [0.717, 1.165) is 0 Å². The third kappa shape index (κ3) is 41.8. The molecular formula is C2H14Al2N2O5. The summed E-state index contributed by atoms with van der Waals surface area (Å²) in [5.41, 5.74) is 0. The van der Waals surface area contributed by atoms with Crippen LogP contribution in [0.4, 0.5) is 9.59 Å². The highest BCUT2D eigenvalue weighted by Gasteiger charge is 2.01. The summed E-state index contributed by atoms with van der Waals surface area (Å²) >= 11 is 0. The Balaban J connectivity index is -0.0000000300. The van der Waals surface area contributed by atoms with E-state index in [1.54, 1.807) is 0 Å². The topological polar surface area (TPSA) is 154 Å². The van der Waals surface area contributed by atoms with Crippen LogP contribution in [0.1, 0.15) is 0 Å². The van der Waals surface area contributed by atoms with Gasteiger partial charge in [0.05, 0.1) is 0 Å². The van der Waals surface area contributed by atoms with E-state index < -0.39 is 12.3 Å². The minimum Gasteiger partial charge on any atom is -0.449 e. The molecule has 9 heteroatoms. The van der Waals surface area contributed by atoms with Gasteiger partial charge in [-0.05, 0) is 0 Å². The standard InChI is InChI=1S/C2H2O5.2Al.2H3N.6H/c3-1(4)7-2(5)6;;;;;;;;;;/h(H,3,4)(H,5,6);;;2*1H3;;;;;;. The Morgan fingerprint density at radius 1 is 0.909 bits per heavy atom. The van der Waals surface area contributed by atoms with Gasteiger partial charge in [0.1, 0.15) is 0 Å². The molecule has 68 valence electrons. The maximum Gasteiger partial charge on any atom is 0.516 e. The van der Waals surface area contributed by atoms with Crippen molar-refractivity contribution in [2.45, 2.75) is 0 Å². The van der Waals surface area contributed by atoms with Crippen molar-refractivity contribution in [2.24, 2.45) is 0 Å². The van der Waals surface area contributed by atoms with E-state index in [2.05, 4.69) is 4.74 Å². The molecule has 0 heterocycles. The molecule has 0 fully saturated rings. The number of hydrogen-bond acceptors (Lipinski definition) is 5. The first kappa shape index (κ1) is 30.9. The van der Waals surface area contributed by atoms with Gasteiger partial charge >= 0.3 is 12.3 Å². The van der Waals surface area contributed by atoms with Gasteiger partial charge in [0.25, 0.3) is 0 Å². The largest absolute Gasteiger partial charge is 0.516 e. The average Bonchev–Trinajstić information content (AvgIpc) is 1.27. The van der Waals surface area contributed by atoms with E-state index in [9.17, 15) is 9.59 Å². The van der Waals surface area contributed by atoms with Gasteiger partial charge in [-0.15, -0.1) is 0 Å². The van der Waals surface area contributed by atoms with Gasteiger partial charge in [0.15, 0.2) is 34.7 Å². The van der Waals surface area contributed by atoms with Crippen LogP contribution in [0, 0.1) is 0 Å². The molecule has 0 bridgehead atoms. The zero-order valence-electron chi connectivity index (χ0n) is 4.53. The van der Waals surface area contributed by atoms with Crippen LogP contribution in [0.2, 0.25) is 0 Å². The molecule has 0 amide bonds. The fourth-order valence-electron chi connectivity index (χ4n) is 0.0747. The predicted octanol–water partition coefficient (Wildman–Crippen LogP) is -1.68.